The molecule has 0 aliphatic carbocycles. The molecule has 0 N–H and O–H groups in total. The minimum absolute atomic E-state index is 0.106. The van der Waals surface area contributed by atoms with Crippen LogP contribution in [0.25, 0.3) is 0 Å². The summed E-state index contributed by atoms with van der Waals surface area (Å²) >= 11 is 0. The molecular weight excluding hydrogens is 254 g/mol. The van der Waals surface area contributed by atoms with Crippen LogP contribution in [0.1, 0.15) is 26.7 Å². The van der Waals surface area contributed by atoms with Crippen LogP contribution in [-0.4, -0.2) is 57.0 Å². The van der Waals surface area contributed by atoms with Crippen molar-refractivity contribution >= 4 is 15.8 Å². The molecule has 5 nitrogen and oxygen atoms in total. The lowest BCUT2D eigenvalue weighted by Crippen LogP contribution is -2.41. The summed E-state index contributed by atoms with van der Waals surface area (Å²) in [5, 5.41) is -0.335. The number of nitrogens with zero attached hydrogens (tertiary/aromatic N) is 1. The van der Waals surface area contributed by atoms with E-state index in [1.54, 1.807) is 13.8 Å². The van der Waals surface area contributed by atoms with E-state index in [0.29, 0.717) is 13.1 Å². The van der Waals surface area contributed by atoms with Gasteiger partial charge in [-0.15, -0.1) is 0 Å². The highest BCUT2D eigenvalue weighted by Crippen LogP contribution is 2.17. The number of carbonyl (C=O) groups excluding carboxylic acids is 1. The number of esters is 1. The van der Waals surface area contributed by atoms with Crippen molar-refractivity contribution in [3.8, 4) is 0 Å². The maximum absolute atomic E-state index is 11.7. The summed E-state index contributed by atoms with van der Waals surface area (Å²) in [6.07, 6.45) is 1.75. The molecule has 1 fully saturated rings. The van der Waals surface area contributed by atoms with Crippen molar-refractivity contribution in [2.75, 3.05) is 32.5 Å². The highest BCUT2D eigenvalue weighted by Gasteiger charge is 2.27. The van der Waals surface area contributed by atoms with Crippen LogP contribution in [0.15, 0.2) is 0 Å². The number of sulfone groups is 1. The molecular formula is C12H23NO4S. The fourth-order valence-corrected chi connectivity index (χ4v) is 3.09. The van der Waals surface area contributed by atoms with Crippen LogP contribution in [0.5, 0.6) is 0 Å². The largest absolute Gasteiger partial charge is 0.469 e. The summed E-state index contributed by atoms with van der Waals surface area (Å²) in [7, 11) is -1.61. The van der Waals surface area contributed by atoms with Gasteiger partial charge >= 0.3 is 5.97 Å². The molecule has 18 heavy (non-hydrogen) atoms. The van der Waals surface area contributed by atoms with E-state index in [1.165, 1.54) is 7.11 Å². The maximum Gasteiger partial charge on any atom is 0.309 e. The van der Waals surface area contributed by atoms with Gasteiger partial charge in [0, 0.05) is 13.1 Å². The molecule has 1 rings (SSSR count). The Bertz CT molecular complexity index is 378. The first-order chi connectivity index (χ1) is 8.36. The lowest BCUT2D eigenvalue weighted by molar-refractivity contribution is -0.147. The molecule has 1 atom stereocenters. The number of hydrogen-bond acceptors (Lipinski definition) is 5. The summed E-state index contributed by atoms with van der Waals surface area (Å²) in [4.78, 5) is 13.5. The van der Waals surface area contributed by atoms with Gasteiger partial charge in [-0.05, 0) is 33.2 Å². The molecule has 0 spiro atoms. The third-order valence-corrected chi connectivity index (χ3v) is 5.64. The van der Waals surface area contributed by atoms with Crippen molar-refractivity contribution in [3.05, 3.63) is 0 Å². The van der Waals surface area contributed by atoms with Gasteiger partial charge in [0.15, 0.2) is 9.84 Å². The minimum Gasteiger partial charge on any atom is -0.469 e. The second kappa shape index (κ2) is 6.52. The molecule has 6 heteroatoms. The monoisotopic (exact) mass is 277 g/mol. The maximum atomic E-state index is 11.7. The first-order valence-electron chi connectivity index (χ1n) is 6.38. The van der Waals surface area contributed by atoms with Crippen LogP contribution < -0.4 is 0 Å². The number of rotatable bonds is 5. The van der Waals surface area contributed by atoms with Crippen LogP contribution in [0.4, 0.5) is 0 Å². The molecule has 0 aromatic heterocycles. The number of methoxy groups -OCH3 is 1. The first-order valence-corrected chi connectivity index (χ1v) is 8.10. The van der Waals surface area contributed by atoms with Gasteiger partial charge in [-0.25, -0.2) is 8.42 Å². The standard InChI is InChI=1S/C12H23NO4S/c1-10(2)18(15,16)8-7-13-6-4-5-11(9-13)12(14)17-3/h10-11H,4-9H2,1-3H3/t11-/m0/s1. The molecule has 1 aliphatic heterocycles. The van der Waals surface area contributed by atoms with E-state index in [0.717, 1.165) is 19.4 Å². The summed E-state index contributed by atoms with van der Waals surface area (Å²) in [6.45, 7) is 5.38. The van der Waals surface area contributed by atoms with Gasteiger partial charge in [-0.3, -0.25) is 4.79 Å². The SMILES string of the molecule is COC(=O)[C@H]1CCCN(CCS(=O)(=O)C(C)C)C1. The number of piperidine rings is 1. The number of likely N-dealkylation sites (tertiary alicyclic amines) is 1. The van der Waals surface area contributed by atoms with Gasteiger partial charge < -0.3 is 9.64 Å². The second-order valence-corrected chi connectivity index (χ2v) is 7.76. The van der Waals surface area contributed by atoms with Gasteiger partial charge in [-0.2, -0.15) is 0 Å². The van der Waals surface area contributed by atoms with Crippen LogP contribution in [0.2, 0.25) is 0 Å². The fraction of sp³-hybridized carbons (Fsp3) is 0.917. The highest BCUT2D eigenvalue weighted by atomic mass is 32.2. The zero-order valence-electron chi connectivity index (χ0n) is 11.4. The molecule has 0 radical (unpaired) electrons. The van der Waals surface area contributed by atoms with Crippen LogP contribution in [0.3, 0.4) is 0 Å². The Labute approximate surface area is 109 Å². The summed E-state index contributed by atoms with van der Waals surface area (Å²) in [6, 6.07) is 0. The van der Waals surface area contributed by atoms with Gasteiger partial charge in [0.1, 0.15) is 0 Å². The molecule has 0 amide bonds. The zero-order valence-corrected chi connectivity index (χ0v) is 12.2. The van der Waals surface area contributed by atoms with Crippen molar-refractivity contribution in [1.29, 1.82) is 0 Å². The average molecular weight is 277 g/mol. The van der Waals surface area contributed by atoms with Gasteiger partial charge in [0.2, 0.25) is 0 Å². The summed E-state index contributed by atoms with van der Waals surface area (Å²) in [5.74, 6) is -0.129. The molecule has 1 saturated heterocycles. The Hall–Kier alpha value is -0.620. The lowest BCUT2D eigenvalue weighted by atomic mass is 9.98. The Morgan fingerprint density at radius 3 is 2.67 bits per heavy atom. The molecule has 106 valence electrons. The molecule has 1 heterocycles. The van der Waals surface area contributed by atoms with Crippen molar-refractivity contribution in [3.63, 3.8) is 0 Å². The van der Waals surface area contributed by atoms with E-state index in [2.05, 4.69) is 0 Å². The Kier molecular flexibility index (Phi) is 5.59. The lowest BCUT2D eigenvalue weighted by Gasteiger charge is -2.31. The smallest absolute Gasteiger partial charge is 0.309 e. The molecule has 0 aromatic rings. The fourth-order valence-electron chi connectivity index (χ4n) is 2.11. The van der Waals surface area contributed by atoms with E-state index in [-0.39, 0.29) is 22.9 Å². The molecule has 1 aliphatic rings. The van der Waals surface area contributed by atoms with E-state index in [9.17, 15) is 13.2 Å². The van der Waals surface area contributed by atoms with Crippen molar-refractivity contribution in [2.24, 2.45) is 5.92 Å². The average Bonchev–Trinajstić information content (AvgIpc) is 2.35. The van der Waals surface area contributed by atoms with Crippen LogP contribution in [-0.2, 0) is 19.4 Å². The van der Waals surface area contributed by atoms with E-state index >= 15 is 0 Å². The number of hydrogen-bond donors (Lipinski definition) is 0. The molecule has 0 bridgehead atoms. The summed E-state index contributed by atoms with van der Waals surface area (Å²) < 4.78 is 28.2. The van der Waals surface area contributed by atoms with Crippen molar-refractivity contribution in [2.45, 2.75) is 31.9 Å². The highest BCUT2D eigenvalue weighted by molar-refractivity contribution is 7.92. The quantitative estimate of drug-likeness (QED) is 0.692. The van der Waals surface area contributed by atoms with Gasteiger partial charge in [0.25, 0.3) is 0 Å². The predicted octanol–water partition coefficient (Wildman–Crippen LogP) is 0.695. The molecule has 0 aromatic carbocycles. The first kappa shape index (κ1) is 15.4. The summed E-state index contributed by atoms with van der Waals surface area (Å²) in [5.41, 5.74) is 0. The van der Waals surface area contributed by atoms with Crippen LogP contribution in [0, 0.1) is 5.92 Å². The third kappa shape index (κ3) is 4.24. The van der Waals surface area contributed by atoms with Crippen molar-refractivity contribution in [1.82, 2.24) is 4.90 Å². The Morgan fingerprint density at radius 2 is 2.11 bits per heavy atom. The van der Waals surface area contributed by atoms with Gasteiger partial charge in [0.05, 0.1) is 24.0 Å². The topological polar surface area (TPSA) is 63.7 Å². The second-order valence-electron chi connectivity index (χ2n) is 5.08. The number of carbonyl (C=O) groups is 1. The third-order valence-electron chi connectivity index (χ3n) is 3.45. The molecule has 0 unspecified atom stereocenters. The number of ether oxygens (including phenoxy) is 1. The predicted molar refractivity (Wildman–Crippen MR) is 70.1 cm³/mol. The van der Waals surface area contributed by atoms with Crippen molar-refractivity contribution < 1.29 is 17.9 Å². The van der Waals surface area contributed by atoms with Gasteiger partial charge in [-0.1, -0.05) is 0 Å². The minimum atomic E-state index is -3.00. The van der Waals surface area contributed by atoms with Crippen LogP contribution >= 0.6 is 0 Å². The van der Waals surface area contributed by atoms with E-state index in [4.69, 9.17) is 4.74 Å². The Balaban J connectivity index is 2.46. The van der Waals surface area contributed by atoms with E-state index in [1.807, 2.05) is 4.90 Å². The Morgan fingerprint density at radius 1 is 1.44 bits per heavy atom. The normalized spacial score (nSPS) is 22.1. The molecule has 0 saturated carbocycles. The van der Waals surface area contributed by atoms with E-state index < -0.39 is 9.84 Å². The zero-order chi connectivity index (χ0) is 13.8.